The summed E-state index contributed by atoms with van der Waals surface area (Å²) >= 11 is 6.30. The van der Waals surface area contributed by atoms with Gasteiger partial charge < -0.3 is 14.2 Å². The number of rotatable bonds is 6. The zero-order chi connectivity index (χ0) is 26.2. The molecule has 0 spiro atoms. The Labute approximate surface area is 218 Å². The first kappa shape index (κ1) is 25.8. The van der Waals surface area contributed by atoms with E-state index < -0.39 is 11.7 Å². The van der Waals surface area contributed by atoms with Gasteiger partial charge in [0.05, 0.1) is 28.1 Å². The molecule has 4 heterocycles. The van der Waals surface area contributed by atoms with Gasteiger partial charge in [0.1, 0.15) is 13.2 Å². The number of pyridine rings is 1. The molecule has 11 heteroatoms. The molecule has 3 aromatic rings. The molecule has 2 aromatic heterocycles. The Hall–Kier alpha value is -2.82. The minimum Gasteiger partial charge on any atom is -0.488 e. The van der Waals surface area contributed by atoms with E-state index in [4.69, 9.17) is 25.8 Å². The smallest absolute Gasteiger partial charge is 0.417 e. The van der Waals surface area contributed by atoms with Gasteiger partial charge in [-0.15, -0.1) is 0 Å². The van der Waals surface area contributed by atoms with Gasteiger partial charge in [-0.25, -0.2) is 0 Å². The molecular formula is C26H28ClF3N4O3. The van der Waals surface area contributed by atoms with Crippen molar-refractivity contribution >= 4 is 11.6 Å². The van der Waals surface area contributed by atoms with Crippen LogP contribution in [-0.4, -0.2) is 52.1 Å². The first-order valence-corrected chi connectivity index (χ1v) is 12.5. The van der Waals surface area contributed by atoms with E-state index in [9.17, 15) is 13.2 Å². The van der Waals surface area contributed by atoms with Crippen LogP contribution >= 0.6 is 11.6 Å². The minimum atomic E-state index is -4.53. The highest BCUT2D eigenvalue weighted by Crippen LogP contribution is 2.41. The Morgan fingerprint density at radius 3 is 2.73 bits per heavy atom. The van der Waals surface area contributed by atoms with Gasteiger partial charge in [0.15, 0.2) is 11.5 Å². The fourth-order valence-electron chi connectivity index (χ4n) is 4.73. The van der Waals surface area contributed by atoms with Crippen LogP contribution in [-0.2, 0) is 31.1 Å². The van der Waals surface area contributed by atoms with Crippen molar-refractivity contribution in [2.75, 3.05) is 26.4 Å². The summed E-state index contributed by atoms with van der Waals surface area (Å²) in [7, 11) is 1.89. The maximum Gasteiger partial charge on any atom is 0.417 e. The number of alkyl halides is 3. The third kappa shape index (κ3) is 5.86. The molecule has 7 nitrogen and oxygen atoms in total. The van der Waals surface area contributed by atoms with E-state index >= 15 is 0 Å². The summed E-state index contributed by atoms with van der Waals surface area (Å²) in [6.45, 7) is 5.40. The maximum absolute atomic E-state index is 13.2. The average molecular weight is 537 g/mol. The third-order valence-corrected chi connectivity index (χ3v) is 6.87. The maximum atomic E-state index is 13.2. The van der Waals surface area contributed by atoms with Crippen molar-refractivity contribution in [3.63, 3.8) is 0 Å². The van der Waals surface area contributed by atoms with E-state index in [2.05, 4.69) is 15.0 Å². The lowest BCUT2D eigenvalue weighted by Crippen LogP contribution is -2.25. The lowest BCUT2D eigenvalue weighted by molar-refractivity contribution is -0.137. The van der Waals surface area contributed by atoms with E-state index in [1.54, 1.807) is 10.7 Å². The van der Waals surface area contributed by atoms with Gasteiger partial charge in [0, 0.05) is 62.4 Å². The van der Waals surface area contributed by atoms with Gasteiger partial charge in [-0.05, 0) is 38.0 Å². The zero-order valence-electron chi connectivity index (χ0n) is 20.6. The second-order valence-corrected chi connectivity index (χ2v) is 9.84. The fraction of sp³-hybridized carbons (Fsp3) is 0.462. The van der Waals surface area contributed by atoms with Crippen LogP contribution in [0.3, 0.4) is 0 Å². The van der Waals surface area contributed by atoms with Crippen molar-refractivity contribution in [2.24, 2.45) is 7.05 Å². The number of aromatic nitrogens is 3. The van der Waals surface area contributed by atoms with E-state index in [1.807, 2.05) is 26.2 Å². The highest BCUT2D eigenvalue weighted by Gasteiger charge is 2.32. The van der Waals surface area contributed by atoms with Gasteiger partial charge in [0.2, 0.25) is 0 Å². The molecular weight excluding hydrogens is 509 g/mol. The summed E-state index contributed by atoms with van der Waals surface area (Å²) in [4.78, 5) is 6.31. The quantitative estimate of drug-likeness (QED) is 0.419. The average Bonchev–Trinajstić information content (AvgIpc) is 3.41. The minimum absolute atomic E-state index is 0.0112. The highest BCUT2D eigenvalue weighted by atomic mass is 35.5. The molecule has 0 amide bonds. The molecule has 0 bridgehead atoms. The van der Waals surface area contributed by atoms with Gasteiger partial charge in [-0.3, -0.25) is 14.6 Å². The van der Waals surface area contributed by atoms with Gasteiger partial charge in [-0.1, -0.05) is 11.6 Å². The number of halogens is 4. The molecule has 1 aromatic carbocycles. The Kier molecular flexibility index (Phi) is 7.33. The number of fused-ring (bicyclic) bond motifs is 1. The molecule has 1 saturated heterocycles. The topological polar surface area (TPSA) is 61.6 Å². The van der Waals surface area contributed by atoms with Crippen LogP contribution in [0, 0.1) is 6.92 Å². The zero-order valence-corrected chi connectivity index (χ0v) is 21.4. The highest BCUT2D eigenvalue weighted by molar-refractivity contribution is 6.33. The second-order valence-electron chi connectivity index (χ2n) is 9.43. The summed E-state index contributed by atoms with van der Waals surface area (Å²) in [6.07, 6.45) is 0.151. The number of aryl methyl sites for hydroxylation is 2. The Morgan fingerprint density at radius 2 is 2.05 bits per heavy atom. The molecule has 0 N–H and O–H groups in total. The third-order valence-electron chi connectivity index (χ3n) is 6.58. The predicted octanol–water partition coefficient (Wildman–Crippen LogP) is 5.42. The van der Waals surface area contributed by atoms with Crippen molar-refractivity contribution in [1.82, 2.24) is 19.7 Å². The molecule has 37 heavy (non-hydrogen) atoms. The number of benzene rings is 1. The van der Waals surface area contributed by atoms with Crippen LogP contribution in [0.25, 0.3) is 11.3 Å². The summed E-state index contributed by atoms with van der Waals surface area (Å²) in [6, 6.07) is 4.50. The van der Waals surface area contributed by atoms with Crippen LogP contribution in [0.4, 0.5) is 13.2 Å². The fourth-order valence-corrected chi connectivity index (χ4v) is 5.00. The van der Waals surface area contributed by atoms with Crippen LogP contribution in [0.15, 0.2) is 30.6 Å². The monoisotopic (exact) mass is 536 g/mol. The summed E-state index contributed by atoms with van der Waals surface area (Å²) in [5.74, 6) is 1.12. The second kappa shape index (κ2) is 10.5. The number of nitrogens with zero attached hydrogens (tertiary/aromatic N) is 4. The van der Waals surface area contributed by atoms with Crippen molar-refractivity contribution < 1.29 is 27.4 Å². The van der Waals surface area contributed by atoms with Gasteiger partial charge in [0.25, 0.3) is 0 Å². The summed E-state index contributed by atoms with van der Waals surface area (Å²) < 4.78 is 59.3. The molecule has 1 atom stereocenters. The number of hydrogen-bond donors (Lipinski definition) is 0. The van der Waals surface area contributed by atoms with Crippen molar-refractivity contribution in [3.05, 3.63) is 58.0 Å². The molecule has 1 fully saturated rings. The molecule has 0 aliphatic carbocycles. The lowest BCUT2D eigenvalue weighted by Gasteiger charge is -2.20. The van der Waals surface area contributed by atoms with Crippen LogP contribution < -0.4 is 9.47 Å². The first-order chi connectivity index (χ1) is 17.7. The van der Waals surface area contributed by atoms with E-state index in [0.717, 1.165) is 41.9 Å². The van der Waals surface area contributed by atoms with Crippen LogP contribution in [0.2, 0.25) is 5.02 Å². The molecule has 0 radical (unpaired) electrons. The number of ether oxygens (including phenoxy) is 3. The van der Waals surface area contributed by atoms with Crippen LogP contribution in [0.1, 0.15) is 35.2 Å². The van der Waals surface area contributed by atoms with Crippen LogP contribution in [0.5, 0.6) is 11.5 Å². The predicted molar refractivity (Wildman–Crippen MR) is 132 cm³/mol. The molecule has 0 saturated carbocycles. The van der Waals surface area contributed by atoms with Gasteiger partial charge in [-0.2, -0.15) is 18.3 Å². The molecule has 0 unspecified atom stereocenters. The molecule has 5 rings (SSSR count). The Bertz CT molecular complexity index is 1270. The summed E-state index contributed by atoms with van der Waals surface area (Å²) in [5.41, 5.74) is 2.83. The number of hydrogen-bond acceptors (Lipinski definition) is 6. The molecule has 2 aliphatic rings. The first-order valence-electron chi connectivity index (χ1n) is 12.2. The van der Waals surface area contributed by atoms with E-state index in [-0.39, 0.29) is 16.8 Å². The van der Waals surface area contributed by atoms with Crippen molar-refractivity contribution in [2.45, 2.75) is 45.1 Å². The normalized spacial score (nSPS) is 18.4. The lowest BCUT2D eigenvalue weighted by atomic mass is 10.0. The Morgan fingerprint density at radius 1 is 1.22 bits per heavy atom. The Balaban J connectivity index is 1.49. The van der Waals surface area contributed by atoms with Crippen molar-refractivity contribution in [3.8, 4) is 22.8 Å². The molecule has 198 valence electrons. The standard InChI is InChI=1S/C26H28ClF3N4O3/c1-16-19(12-33(2)32-16)14-34-5-7-36-25-18(13-34)8-17(9-23(25)37-15-21-4-3-6-35-21)24-22(27)10-20(11-31-24)26(28,29)30/h8-12,21H,3-7,13-15H2,1-2H3/t21-/m0/s1. The van der Waals surface area contributed by atoms with E-state index in [1.165, 1.54) is 0 Å². The van der Waals surface area contributed by atoms with E-state index in [0.29, 0.717) is 56.5 Å². The SMILES string of the molecule is Cc1nn(C)cc1CN1CCOc2c(cc(-c3ncc(C(F)(F)F)cc3Cl)cc2OC[C@@H]2CCCO2)C1. The summed E-state index contributed by atoms with van der Waals surface area (Å²) in [5, 5.41) is 4.35. The largest absolute Gasteiger partial charge is 0.488 e. The van der Waals surface area contributed by atoms with Crippen molar-refractivity contribution in [1.29, 1.82) is 0 Å². The van der Waals surface area contributed by atoms with Gasteiger partial charge >= 0.3 is 6.18 Å². The molecule has 2 aliphatic heterocycles.